The lowest BCUT2D eigenvalue weighted by Crippen LogP contribution is -2.72. The maximum Gasteiger partial charge on any atom is 0.324 e. The molecular formula is C37H29Cl2F3N2O3. The Morgan fingerprint density at radius 3 is 2.11 bits per heavy atom. The van der Waals surface area contributed by atoms with Crippen LogP contribution in [0.3, 0.4) is 0 Å². The van der Waals surface area contributed by atoms with Crippen LogP contribution in [0.15, 0.2) is 97.1 Å². The Hall–Kier alpha value is -3.85. The predicted octanol–water partition coefficient (Wildman–Crippen LogP) is 8.29. The second-order valence-corrected chi connectivity index (χ2v) is 14.1. The molecule has 1 N–H and O–H groups in total. The van der Waals surface area contributed by atoms with E-state index in [1.54, 1.807) is 18.2 Å². The van der Waals surface area contributed by atoms with Crippen molar-refractivity contribution in [2.75, 3.05) is 18.7 Å². The largest absolute Gasteiger partial charge is 0.454 e. The molecule has 2 spiro atoms. The van der Waals surface area contributed by atoms with Gasteiger partial charge in [-0.05, 0) is 59.4 Å². The topological polar surface area (TPSA) is 58.6 Å². The molecule has 1 amide bonds. The standard InChI is InChI=1S/C37H29Cl2F3N2O3/c38-24-12-13-25-28(16-24)43-34(46)37(25)29(23-11-14-27(42)26(39)15-23)31-33(45)47-32(22-9-5-2-6-10-22)30(21-7-3-1-4-8-21)44(31)36(37)17-35(18-36,19-40)20-41/h1-16,29-32H,17-20H2,(H,43,46)/t29?,30?,31?,32-,37-/m0/s1. The summed E-state index contributed by atoms with van der Waals surface area (Å²) in [5.74, 6) is -2.67. The molecule has 3 heterocycles. The minimum atomic E-state index is -1.57. The summed E-state index contributed by atoms with van der Waals surface area (Å²) in [7, 11) is 0. The molecular weight excluding hydrogens is 648 g/mol. The molecule has 5 nitrogen and oxygen atoms in total. The summed E-state index contributed by atoms with van der Waals surface area (Å²) in [4.78, 5) is 31.6. The number of nitrogens with zero attached hydrogens (tertiary/aromatic N) is 1. The van der Waals surface area contributed by atoms with E-state index < -0.39 is 71.5 Å². The fourth-order valence-corrected chi connectivity index (χ4v) is 9.58. The lowest BCUT2D eigenvalue weighted by Gasteiger charge is -2.64. The minimum absolute atomic E-state index is 0.0530. The molecule has 3 unspecified atom stereocenters. The third kappa shape index (κ3) is 4.07. The zero-order valence-electron chi connectivity index (χ0n) is 24.9. The van der Waals surface area contributed by atoms with Gasteiger partial charge in [0.15, 0.2) is 0 Å². The molecule has 4 aliphatic rings. The van der Waals surface area contributed by atoms with E-state index in [2.05, 4.69) is 5.32 Å². The Balaban J connectivity index is 1.47. The van der Waals surface area contributed by atoms with Crippen LogP contribution < -0.4 is 5.32 Å². The first-order valence-corrected chi connectivity index (χ1v) is 16.2. The average Bonchev–Trinajstić information content (AvgIpc) is 3.51. The molecule has 240 valence electrons. The molecule has 8 rings (SSSR count). The summed E-state index contributed by atoms with van der Waals surface area (Å²) in [5, 5.41) is 3.21. The molecule has 0 bridgehead atoms. The summed E-state index contributed by atoms with van der Waals surface area (Å²) >= 11 is 12.8. The summed E-state index contributed by atoms with van der Waals surface area (Å²) in [6, 6.07) is 26.3. The van der Waals surface area contributed by atoms with Gasteiger partial charge in [0, 0.05) is 27.6 Å². The summed E-state index contributed by atoms with van der Waals surface area (Å²) in [6.07, 6.45) is -0.919. The van der Waals surface area contributed by atoms with Crippen molar-refractivity contribution in [3.63, 3.8) is 0 Å². The highest BCUT2D eigenvalue weighted by atomic mass is 35.5. The second kappa shape index (κ2) is 10.8. The number of benzene rings is 4. The van der Waals surface area contributed by atoms with Crippen molar-refractivity contribution in [2.45, 2.75) is 47.9 Å². The van der Waals surface area contributed by atoms with Gasteiger partial charge >= 0.3 is 5.97 Å². The van der Waals surface area contributed by atoms with Gasteiger partial charge in [0.2, 0.25) is 5.91 Å². The van der Waals surface area contributed by atoms with Crippen LogP contribution in [0.4, 0.5) is 18.9 Å². The number of rotatable bonds is 5. The van der Waals surface area contributed by atoms with E-state index in [1.807, 2.05) is 65.6 Å². The van der Waals surface area contributed by atoms with Gasteiger partial charge in [0.25, 0.3) is 0 Å². The van der Waals surface area contributed by atoms with E-state index in [0.29, 0.717) is 21.8 Å². The van der Waals surface area contributed by atoms with E-state index in [-0.39, 0.29) is 17.9 Å². The number of carbonyl (C=O) groups excluding carboxylic acids is 2. The lowest BCUT2D eigenvalue weighted by molar-refractivity contribution is -0.200. The van der Waals surface area contributed by atoms with Crippen LogP contribution in [-0.2, 0) is 19.7 Å². The number of alkyl halides is 2. The molecule has 0 radical (unpaired) electrons. The molecule has 1 aliphatic carbocycles. The molecule has 0 aromatic heterocycles. The summed E-state index contributed by atoms with van der Waals surface area (Å²) in [6.45, 7) is -1.88. The molecule has 3 aliphatic heterocycles. The summed E-state index contributed by atoms with van der Waals surface area (Å²) in [5.41, 5.74) is -1.25. The van der Waals surface area contributed by atoms with E-state index in [4.69, 9.17) is 27.9 Å². The van der Waals surface area contributed by atoms with E-state index in [1.165, 1.54) is 18.2 Å². The second-order valence-electron chi connectivity index (χ2n) is 13.2. The Labute approximate surface area is 279 Å². The molecule has 47 heavy (non-hydrogen) atoms. The van der Waals surface area contributed by atoms with Gasteiger partial charge in [-0.3, -0.25) is 23.3 Å². The molecule has 10 heteroatoms. The van der Waals surface area contributed by atoms with Crippen molar-refractivity contribution >= 4 is 40.8 Å². The first-order valence-electron chi connectivity index (χ1n) is 15.5. The number of carbonyl (C=O) groups is 2. The lowest BCUT2D eigenvalue weighted by atomic mass is 9.45. The highest BCUT2D eigenvalue weighted by Gasteiger charge is 2.82. The first-order chi connectivity index (χ1) is 22.7. The third-order valence-electron chi connectivity index (χ3n) is 10.9. The normalized spacial score (nSPS) is 28.4. The Morgan fingerprint density at radius 2 is 1.47 bits per heavy atom. The van der Waals surface area contributed by atoms with Gasteiger partial charge in [0.05, 0.1) is 24.4 Å². The fourth-order valence-electron chi connectivity index (χ4n) is 9.22. The van der Waals surface area contributed by atoms with Crippen molar-refractivity contribution < 1.29 is 27.5 Å². The molecule has 3 fully saturated rings. The number of hydrogen-bond donors (Lipinski definition) is 1. The van der Waals surface area contributed by atoms with Crippen LogP contribution in [0.1, 0.15) is 53.2 Å². The maximum atomic E-state index is 14.9. The van der Waals surface area contributed by atoms with Gasteiger partial charge in [0.1, 0.15) is 23.4 Å². The number of cyclic esters (lactones) is 1. The monoisotopic (exact) mass is 676 g/mol. The van der Waals surface area contributed by atoms with E-state index in [0.717, 1.165) is 11.1 Å². The Kier molecular flexibility index (Phi) is 7.03. The number of halogens is 5. The number of hydrogen-bond acceptors (Lipinski definition) is 4. The van der Waals surface area contributed by atoms with Crippen LogP contribution in [0.2, 0.25) is 10.0 Å². The van der Waals surface area contributed by atoms with Crippen LogP contribution in [-0.4, -0.2) is 41.7 Å². The van der Waals surface area contributed by atoms with Crippen molar-refractivity contribution in [3.05, 3.63) is 135 Å². The number of anilines is 1. The average molecular weight is 678 g/mol. The highest BCUT2D eigenvalue weighted by molar-refractivity contribution is 6.31. The number of amides is 1. The highest BCUT2D eigenvalue weighted by Crippen LogP contribution is 2.74. The quantitative estimate of drug-likeness (QED) is 0.216. The van der Waals surface area contributed by atoms with Gasteiger partial charge in [-0.15, -0.1) is 0 Å². The van der Waals surface area contributed by atoms with Crippen LogP contribution in [0.25, 0.3) is 0 Å². The zero-order valence-corrected chi connectivity index (χ0v) is 26.4. The molecule has 2 saturated heterocycles. The van der Waals surface area contributed by atoms with Crippen molar-refractivity contribution in [2.24, 2.45) is 5.41 Å². The number of fused-ring (bicyclic) bond motifs is 5. The minimum Gasteiger partial charge on any atom is -0.454 e. The molecule has 4 aromatic carbocycles. The van der Waals surface area contributed by atoms with Crippen LogP contribution in [0.5, 0.6) is 0 Å². The summed E-state index contributed by atoms with van der Waals surface area (Å²) < 4.78 is 50.8. The SMILES string of the molecule is O=C1O[C@@H](c2ccccc2)C(c2ccccc2)N2C1C(c1ccc(F)c(Cl)c1)[C@@]1(C(=O)Nc3cc(Cl)ccc31)C21CC(CF)(CF)C1. The Morgan fingerprint density at radius 1 is 0.809 bits per heavy atom. The number of esters is 1. The van der Waals surface area contributed by atoms with Crippen molar-refractivity contribution in [3.8, 4) is 0 Å². The van der Waals surface area contributed by atoms with E-state index in [9.17, 15) is 22.8 Å². The predicted molar refractivity (Wildman–Crippen MR) is 172 cm³/mol. The van der Waals surface area contributed by atoms with Gasteiger partial charge in [-0.25, -0.2) is 4.39 Å². The van der Waals surface area contributed by atoms with Gasteiger partial charge in [-0.2, -0.15) is 0 Å². The number of nitrogens with one attached hydrogen (secondary N) is 1. The van der Waals surface area contributed by atoms with Crippen molar-refractivity contribution in [1.82, 2.24) is 4.90 Å². The molecule has 1 saturated carbocycles. The fraction of sp³-hybridized carbons (Fsp3) is 0.297. The zero-order chi connectivity index (χ0) is 32.7. The molecule has 4 aromatic rings. The number of morpholine rings is 1. The smallest absolute Gasteiger partial charge is 0.324 e. The van der Waals surface area contributed by atoms with Gasteiger partial charge in [-0.1, -0.05) is 96.0 Å². The molecule has 5 atom stereocenters. The third-order valence-corrected chi connectivity index (χ3v) is 11.4. The maximum absolute atomic E-state index is 14.9. The van der Waals surface area contributed by atoms with Crippen molar-refractivity contribution in [1.29, 1.82) is 0 Å². The Bertz CT molecular complexity index is 1900. The van der Waals surface area contributed by atoms with Crippen LogP contribution in [0, 0.1) is 11.2 Å². The van der Waals surface area contributed by atoms with Gasteiger partial charge < -0.3 is 10.1 Å². The first kappa shape index (κ1) is 30.5. The number of ether oxygens (including phenoxy) is 1. The van der Waals surface area contributed by atoms with E-state index >= 15 is 0 Å². The van der Waals surface area contributed by atoms with Crippen LogP contribution >= 0.6 is 23.2 Å².